The molecular formula is C13H11BrN2O4S. The van der Waals surface area contributed by atoms with Gasteiger partial charge in [0.25, 0.3) is 0 Å². The maximum Gasteiger partial charge on any atom is 0.326 e. The molecule has 0 amide bonds. The maximum absolute atomic E-state index is 10.9. The molecule has 110 valence electrons. The molecule has 8 heteroatoms. The Hall–Kier alpha value is -1.64. The molecule has 0 fully saturated rings. The Morgan fingerprint density at radius 1 is 1.43 bits per heavy atom. The molecule has 1 atom stereocenters. The van der Waals surface area contributed by atoms with Crippen LogP contribution >= 0.6 is 27.3 Å². The number of fused-ring (bicyclic) bond motifs is 1. The summed E-state index contributed by atoms with van der Waals surface area (Å²) >= 11 is 4.78. The predicted molar refractivity (Wildman–Crippen MR) is 80.8 cm³/mol. The molecule has 0 saturated heterocycles. The second-order valence-electron chi connectivity index (χ2n) is 4.38. The van der Waals surface area contributed by atoms with E-state index in [0.29, 0.717) is 35.4 Å². The van der Waals surface area contributed by atoms with Crippen molar-refractivity contribution in [2.24, 2.45) is 5.73 Å². The number of ether oxygens (including phenoxy) is 2. The number of carbonyl (C=O) groups is 1. The molecule has 0 radical (unpaired) electrons. The van der Waals surface area contributed by atoms with Crippen LogP contribution in [0, 0.1) is 0 Å². The second-order valence-corrected chi connectivity index (χ2v) is 6.09. The van der Waals surface area contributed by atoms with Gasteiger partial charge in [-0.3, -0.25) is 4.79 Å². The molecule has 0 spiro atoms. The molecule has 6 nitrogen and oxygen atoms in total. The van der Waals surface area contributed by atoms with Crippen molar-refractivity contribution in [2.45, 2.75) is 6.04 Å². The first-order chi connectivity index (χ1) is 10.1. The van der Waals surface area contributed by atoms with Gasteiger partial charge in [0.1, 0.15) is 24.3 Å². The molecular weight excluding hydrogens is 360 g/mol. The van der Waals surface area contributed by atoms with Crippen molar-refractivity contribution in [3.05, 3.63) is 27.7 Å². The van der Waals surface area contributed by atoms with Crippen LogP contribution in [-0.4, -0.2) is 29.3 Å². The van der Waals surface area contributed by atoms with Crippen LogP contribution in [-0.2, 0) is 4.79 Å². The van der Waals surface area contributed by atoms with E-state index in [-0.39, 0.29) is 0 Å². The first-order valence-electron chi connectivity index (χ1n) is 6.09. The summed E-state index contributed by atoms with van der Waals surface area (Å²) in [6, 6.07) is 2.58. The van der Waals surface area contributed by atoms with E-state index in [1.54, 1.807) is 5.38 Å². The number of benzene rings is 1. The molecule has 1 aromatic carbocycles. The quantitative estimate of drug-likeness (QED) is 0.861. The number of hydrogen-bond acceptors (Lipinski definition) is 6. The molecule has 1 aliphatic heterocycles. The standard InChI is InChI=1S/C13H11BrN2O4S/c14-7-3-6(4-9-11(7)20-2-1-19-9)12-16-8(5-21-12)10(15)13(17)18/h3-5,10H,1-2,15H2,(H,17,18). The summed E-state index contributed by atoms with van der Waals surface area (Å²) in [4.78, 5) is 15.2. The van der Waals surface area contributed by atoms with E-state index in [0.717, 1.165) is 10.0 Å². The highest BCUT2D eigenvalue weighted by molar-refractivity contribution is 9.10. The predicted octanol–water partition coefficient (Wildman–Crippen LogP) is 2.43. The minimum atomic E-state index is -1.12. The average Bonchev–Trinajstić information content (AvgIpc) is 2.96. The van der Waals surface area contributed by atoms with Crippen molar-refractivity contribution in [3.63, 3.8) is 0 Å². The Labute approximate surface area is 132 Å². The molecule has 3 rings (SSSR count). The summed E-state index contributed by atoms with van der Waals surface area (Å²) in [6.45, 7) is 1.01. The van der Waals surface area contributed by atoms with Crippen LogP contribution < -0.4 is 15.2 Å². The van der Waals surface area contributed by atoms with Crippen molar-refractivity contribution in [1.29, 1.82) is 0 Å². The third kappa shape index (κ3) is 2.74. The Bertz CT molecular complexity index is 703. The van der Waals surface area contributed by atoms with Gasteiger partial charge in [-0.05, 0) is 28.1 Å². The summed E-state index contributed by atoms with van der Waals surface area (Å²) < 4.78 is 11.9. The fourth-order valence-corrected chi connectivity index (χ4v) is 3.32. The molecule has 1 aliphatic rings. The van der Waals surface area contributed by atoms with Crippen molar-refractivity contribution in [2.75, 3.05) is 13.2 Å². The van der Waals surface area contributed by atoms with Gasteiger partial charge in [0.05, 0.1) is 10.2 Å². The Morgan fingerprint density at radius 2 is 2.19 bits per heavy atom. The largest absolute Gasteiger partial charge is 0.486 e. The first-order valence-corrected chi connectivity index (χ1v) is 7.77. The van der Waals surface area contributed by atoms with Gasteiger partial charge in [-0.2, -0.15) is 0 Å². The number of rotatable bonds is 3. The van der Waals surface area contributed by atoms with E-state index in [2.05, 4.69) is 20.9 Å². The van der Waals surface area contributed by atoms with E-state index in [4.69, 9.17) is 20.3 Å². The minimum Gasteiger partial charge on any atom is -0.486 e. The first kappa shape index (κ1) is 14.3. The van der Waals surface area contributed by atoms with Gasteiger partial charge in [0.15, 0.2) is 11.5 Å². The zero-order chi connectivity index (χ0) is 15.0. The molecule has 21 heavy (non-hydrogen) atoms. The number of aromatic nitrogens is 1. The Kier molecular flexibility index (Phi) is 3.83. The van der Waals surface area contributed by atoms with E-state index in [1.807, 2.05) is 12.1 Å². The minimum absolute atomic E-state index is 0.341. The lowest BCUT2D eigenvalue weighted by Crippen LogP contribution is -2.20. The van der Waals surface area contributed by atoms with Gasteiger partial charge >= 0.3 is 5.97 Å². The van der Waals surface area contributed by atoms with Gasteiger partial charge in [0.2, 0.25) is 0 Å². The lowest BCUT2D eigenvalue weighted by Gasteiger charge is -2.20. The fraction of sp³-hybridized carbons (Fsp3) is 0.231. The number of nitrogens with zero attached hydrogens (tertiary/aromatic N) is 1. The lowest BCUT2D eigenvalue weighted by molar-refractivity contribution is -0.138. The van der Waals surface area contributed by atoms with Gasteiger partial charge in [-0.25, -0.2) is 4.98 Å². The number of hydrogen-bond donors (Lipinski definition) is 2. The summed E-state index contributed by atoms with van der Waals surface area (Å²) in [7, 11) is 0. The van der Waals surface area contributed by atoms with Crippen molar-refractivity contribution < 1.29 is 19.4 Å². The van der Waals surface area contributed by atoms with Crippen molar-refractivity contribution in [3.8, 4) is 22.1 Å². The molecule has 2 aromatic rings. The number of thiazole rings is 1. The number of aliphatic carboxylic acids is 1. The van der Waals surface area contributed by atoms with E-state index in [1.165, 1.54) is 11.3 Å². The van der Waals surface area contributed by atoms with Crippen LogP contribution in [0.3, 0.4) is 0 Å². The SMILES string of the molecule is NC(C(=O)O)c1csc(-c2cc(Br)c3c(c2)OCCO3)n1. The second kappa shape index (κ2) is 5.63. The summed E-state index contributed by atoms with van der Waals surface area (Å²) in [5.41, 5.74) is 6.72. The van der Waals surface area contributed by atoms with E-state index in [9.17, 15) is 4.79 Å². The molecule has 0 aliphatic carbocycles. The average molecular weight is 371 g/mol. The monoisotopic (exact) mass is 370 g/mol. The summed E-state index contributed by atoms with van der Waals surface area (Å²) in [5, 5.41) is 11.2. The van der Waals surface area contributed by atoms with Crippen LogP contribution in [0.1, 0.15) is 11.7 Å². The van der Waals surface area contributed by atoms with Crippen LogP contribution in [0.25, 0.3) is 10.6 Å². The fourth-order valence-electron chi connectivity index (χ4n) is 1.92. The van der Waals surface area contributed by atoms with Crippen LogP contribution in [0.2, 0.25) is 0 Å². The highest BCUT2D eigenvalue weighted by Crippen LogP contribution is 2.41. The normalized spacial score (nSPS) is 14.8. The molecule has 0 bridgehead atoms. The number of nitrogens with two attached hydrogens (primary N) is 1. The molecule has 1 aromatic heterocycles. The van der Waals surface area contributed by atoms with Crippen LogP contribution in [0.5, 0.6) is 11.5 Å². The third-order valence-electron chi connectivity index (χ3n) is 2.95. The number of carboxylic acids is 1. The highest BCUT2D eigenvalue weighted by atomic mass is 79.9. The van der Waals surface area contributed by atoms with Gasteiger partial charge in [-0.1, -0.05) is 0 Å². The van der Waals surface area contributed by atoms with Gasteiger partial charge in [-0.15, -0.1) is 11.3 Å². The summed E-state index contributed by atoms with van der Waals surface area (Å²) in [5.74, 6) is 0.212. The van der Waals surface area contributed by atoms with Crippen LogP contribution in [0.4, 0.5) is 0 Å². The number of halogens is 1. The highest BCUT2D eigenvalue weighted by Gasteiger charge is 2.21. The molecule has 2 heterocycles. The van der Waals surface area contributed by atoms with E-state index >= 15 is 0 Å². The Balaban J connectivity index is 1.97. The Morgan fingerprint density at radius 3 is 2.95 bits per heavy atom. The molecule has 3 N–H and O–H groups in total. The maximum atomic E-state index is 10.9. The summed E-state index contributed by atoms with van der Waals surface area (Å²) in [6.07, 6.45) is 0. The smallest absolute Gasteiger partial charge is 0.326 e. The van der Waals surface area contributed by atoms with Gasteiger partial charge in [0, 0.05) is 10.9 Å². The topological polar surface area (TPSA) is 94.7 Å². The molecule has 0 saturated carbocycles. The van der Waals surface area contributed by atoms with Crippen molar-refractivity contribution in [1.82, 2.24) is 4.98 Å². The number of carboxylic acid groups (broad SMARTS) is 1. The van der Waals surface area contributed by atoms with Crippen LogP contribution in [0.15, 0.2) is 22.0 Å². The van der Waals surface area contributed by atoms with E-state index < -0.39 is 12.0 Å². The lowest BCUT2D eigenvalue weighted by atomic mass is 10.2. The zero-order valence-electron chi connectivity index (χ0n) is 10.7. The molecule has 1 unspecified atom stereocenters. The van der Waals surface area contributed by atoms with Gasteiger partial charge < -0.3 is 20.3 Å². The third-order valence-corrected chi connectivity index (χ3v) is 4.45. The van der Waals surface area contributed by atoms with Crippen molar-refractivity contribution >= 4 is 33.2 Å². The zero-order valence-corrected chi connectivity index (χ0v) is 13.1.